The van der Waals surface area contributed by atoms with Gasteiger partial charge in [-0.1, -0.05) is 24.3 Å². The van der Waals surface area contributed by atoms with Crippen LogP contribution in [0.4, 0.5) is 5.69 Å². The van der Waals surface area contributed by atoms with Gasteiger partial charge in [-0.2, -0.15) is 0 Å². The fraction of sp³-hybridized carbons (Fsp3) is 0.440. The number of para-hydroxylation sites is 2. The molecule has 1 unspecified atom stereocenters. The Morgan fingerprint density at radius 3 is 2.44 bits per heavy atom. The van der Waals surface area contributed by atoms with Gasteiger partial charge in [-0.3, -0.25) is 14.5 Å². The molecule has 0 aromatic heterocycles. The lowest BCUT2D eigenvalue weighted by molar-refractivity contribution is -0.131. The Bertz CT molecular complexity index is 900. The van der Waals surface area contributed by atoms with E-state index in [9.17, 15) is 9.59 Å². The van der Waals surface area contributed by atoms with Crippen molar-refractivity contribution in [3.63, 3.8) is 0 Å². The van der Waals surface area contributed by atoms with E-state index in [1.54, 1.807) is 14.2 Å². The number of nitrogens with zero attached hydrogens (tertiary/aromatic N) is 2. The Morgan fingerprint density at radius 1 is 0.969 bits per heavy atom. The molecule has 2 aromatic carbocycles. The number of methoxy groups -OCH3 is 2. The van der Waals surface area contributed by atoms with Gasteiger partial charge in [0.05, 0.1) is 25.9 Å². The molecular formula is C25H33N3O4. The first kappa shape index (κ1) is 23.6. The minimum atomic E-state index is -0.297. The van der Waals surface area contributed by atoms with E-state index in [1.807, 2.05) is 60.4 Å². The molecule has 32 heavy (non-hydrogen) atoms. The second-order valence-electron chi connectivity index (χ2n) is 7.98. The molecule has 7 nitrogen and oxygen atoms in total. The summed E-state index contributed by atoms with van der Waals surface area (Å²) < 4.78 is 10.5. The Balaban J connectivity index is 1.49. The quantitative estimate of drug-likeness (QED) is 0.684. The lowest BCUT2D eigenvalue weighted by Gasteiger charge is -2.27. The number of nitrogens with one attached hydrogen (secondary N) is 1. The van der Waals surface area contributed by atoms with E-state index in [1.165, 1.54) is 0 Å². The second-order valence-corrected chi connectivity index (χ2v) is 7.98. The maximum absolute atomic E-state index is 12.8. The highest BCUT2D eigenvalue weighted by Gasteiger charge is 2.26. The van der Waals surface area contributed by atoms with E-state index >= 15 is 0 Å². The minimum absolute atomic E-state index is 0.0752. The van der Waals surface area contributed by atoms with Crippen molar-refractivity contribution in [2.75, 3.05) is 45.7 Å². The normalized spacial score (nSPS) is 15.5. The minimum Gasteiger partial charge on any atom is -0.497 e. The molecule has 1 aliphatic rings. The van der Waals surface area contributed by atoms with Crippen LogP contribution < -0.4 is 14.8 Å². The lowest BCUT2D eigenvalue weighted by atomic mass is 10.1. The van der Waals surface area contributed by atoms with Gasteiger partial charge in [0.25, 0.3) is 0 Å². The molecule has 2 aromatic rings. The van der Waals surface area contributed by atoms with Crippen LogP contribution in [-0.2, 0) is 16.0 Å². The van der Waals surface area contributed by atoms with Crippen LogP contribution in [0.2, 0.25) is 0 Å². The van der Waals surface area contributed by atoms with Gasteiger partial charge in [-0.25, -0.2) is 0 Å². The summed E-state index contributed by atoms with van der Waals surface area (Å²) in [5.74, 6) is 1.54. The molecule has 1 fully saturated rings. The standard InChI is InChI=1S/C25H33N3O4/c1-19(25(30)26-22-7-4-5-8-23(22)32-3)27-15-6-16-28(18-17-27)24(29)14-11-20-9-12-21(31-2)13-10-20/h4-5,7-10,12-13,19H,6,11,14-18H2,1-3H3,(H,26,30). The molecule has 1 N–H and O–H groups in total. The summed E-state index contributed by atoms with van der Waals surface area (Å²) in [5, 5.41) is 2.96. The van der Waals surface area contributed by atoms with E-state index in [0.717, 1.165) is 30.8 Å². The van der Waals surface area contributed by atoms with Gasteiger partial charge in [0.15, 0.2) is 0 Å². The molecule has 172 valence electrons. The zero-order valence-electron chi connectivity index (χ0n) is 19.2. The van der Waals surface area contributed by atoms with Gasteiger partial charge in [-0.15, -0.1) is 0 Å². The van der Waals surface area contributed by atoms with E-state index in [-0.39, 0.29) is 17.9 Å². The lowest BCUT2D eigenvalue weighted by Crippen LogP contribution is -2.44. The van der Waals surface area contributed by atoms with Gasteiger partial charge in [-0.05, 0) is 49.6 Å². The van der Waals surface area contributed by atoms with Crippen LogP contribution in [0.3, 0.4) is 0 Å². The van der Waals surface area contributed by atoms with Crippen molar-refractivity contribution in [3.8, 4) is 11.5 Å². The molecule has 0 spiro atoms. The number of benzene rings is 2. The summed E-state index contributed by atoms with van der Waals surface area (Å²) in [4.78, 5) is 29.6. The predicted octanol–water partition coefficient (Wildman–Crippen LogP) is 3.20. The maximum Gasteiger partial charge on any atom is 0.241 e. The molecule has 0 bridgehead atoms. The number of ether oxygens (including phenoxy) is 2. The average Bonchev–Trinajstić information content (AvgIpc) is 3.09. The smallest absolute Gasteiger partial charge is 0.241 e. The van der Waals surface area contributed by atoms with E-state index in [0.29, 0.717) is 37.4 Å². The average molecular weight is 440 g/mol. The monoisotopic (exact) mass is 439 g/mol. The van der Waals surface area contributed by atoms with Crippen LogP contribution in [0.5, 0.6) is 11.5 Å². The summed E-state index contributed by atoms with van der Waals surface area (Å²) in [6.45, 7) is 4.72. The highest BCUT2D eigenvalue weighted by Crippen LogP contribution is 2.23. The van der Waals surface area contributed by atoms with E-state index < -0.39 is 0 Å². The van der Waals surface area contributed by atoms with Crippen molar-refractivity contribution >= 4 is 17.5 Å². The number of hydrogen-bond donors (Lipinski definition) is 1. The van der Waals surface area contributed by atoms with Crippen LogP contribution in [-0.4, -0.2) is 68.1 Å². The number of amides is 2. The Labute approximate surface area is 190 Å². The Morgan fingerprint density at radius 2 is 1.72 bits per heavy atom. The highest BCUT2D eigenvalue weighted by molar-refractivity contribution is 5.95. The first-order chi connectivity index (χ1) is 15.5. The SMILES string of the molecule is COc1ccc(CCC(=O)N2CCCN(C(C)C(=O)Nc3ccccc3OC)CC2)cc1. The van der Waals surface area contributed by atoms with Crippen LogP contribution in [0.1, 0.15) is 25.3 Å². The van der Waals surface area contributed by atoms with Crippen LogP contribution >= 0.6 is 0 Å². The summed E-state index contributed by atoms with van der Waals surface area (Å²) in [6.07, 6.45) is 2.04. The van der Waals surface area contributed by atoms with Crippen molar-refractivity contribution in [3.05, 3.63) is 54.1 Å². The molecule has 1 saturated heterocycles. The summed E-state index contributed by atoms with van der Waals surface area (Å²) >= 11 is 0. The van der Waals surface area contributed by atoms with Crippen molar-refractivity contribution < 1.29 is 19.1 Å². The molecule has 1 atom stereocenters. The molecule has 1 heterocycles. The summed E-state index contributed by atoms with van der Waals surface area (Å²) in [5.41, 5.74) is 1.79. The number of carbonyl (C=O) groups is 2. The largest absolute Gasteiger partial charge is 0.497 e. The summed E-state index contributed by atoms with van der Waals surface area (Å²) in [7, 11) is 3.23. The molecule has 0 radical (unpaired) electrons. The van der Waals surface area contributed by atoms with Crippen molar-refractivity contribution in [1.82, 2.24) is 9.80 Å². The van der Waals surface area contributed by atoms with Gasteiger partial charge < -0.3 is 19.7 Å². The topological polar surface area (TPSA) is 71.1 Å². The van der Waals surface area contributed by atoms with Crippen molar-refractivity contribution in [2.24, 2.45) is 0 Å². The number of carbonyl (C=O) groups excluding carboxylic acids is 2. The third-order valence-electron chi connectivity index (χ3n) is 5.96. The van der Waals surface area contributed by atoms with Crippen LogP contribution in [0.15, 0.2) is 48.5 Å². The number of aryl methyl sites for hydroxylation is 1. The maximum atomic E-state index is 12.8. The molecule has 3 rings (SSSR count). The highest BCUT2D eigenvalue weighted by atomic mass is 16.5. The number of rotatable bonds is 8. The Hall–Kier alpha value is -3.06. The van der Waals surface area contributed by atoms with Crippen molar-refractivity contribution in [1.29, 1.82) is 0 Å². The number of hydrogen-bond acceptors (Lipinski definition) is 5. The van der Waals surface area contributed by atoms with Gasteiger partial charge >= 0.3 is 0 Å². The van der Waals surface area contributed by atoms with Crippen molar-refractivity contribution in [2.45, 2.75) is 32.2 Å². The fourth-order valence-electron chi connectivity index (χ4n) is 3.93. The van der Waals surface area contributed by atoms with Gasteiger partial charge in [0.2, 0.25) is 11.8 Å². The van der Waals surface area contributed by atoms with E-state index in [2.05, 4.69) is 10.2 Å². The Kier molecular flexibility index (Phi) is 8.50. The summed E-state index contributed by atoms with van der Waals surface area (Å²) in [6, 6.07) is 14.9. The zero-order valence-corrected chi connectivity index (χ0v) is 19.2. The second kappa shape index (κ2) is 11.5. The molecule has 2 amide bonds. The van der Waals surface area contributed by atoms with E-state index in [4.69, 9.17) is 9.47 Å². The van der Waals surface area contributed by atoms with Gasteiger partial charge in [0, 0.05) is 32.6 Å². The molecule has 7 heteroatoms. The number of anilines is 1. The predicted molar refractivity (Wildman–Crippen MR) is 125 cm³/mol. The zero-order chi connectivity index (χ0) is 22.9. The molecule has 0 saturated carbocycles. The van der Waals surface area contributed by atoms with Gasteiger partial charge in [0.1, 0.15) is 11.5 Å². The first-order valence-electron chi connectivity index (χ1n) is 11.1. The molecule has 1 aliphatic heterocycles. The van der Waals surface area contributed by atoms with Crippen LogP contribution in [0, 0.1) is 0 Å². The fourth-order valence-corrected chi connectivity index (χ4v) is 3.93. The third kappa shape index (κ3) is 6.23. The molecular weight excluding hydrogens is 406 g/mol. The third-order valence-corrected chi connectivity index (χ3v) is 5.96. The first-order valence-corrected chi connectivity index (χ1v) is 11.1. The van der Waals surface area contributed by atoms with Crippen LogP contribution in [0.25, 0.3) is 0 Å². The molecule has 0 aliphatic carbocycles.